The largest absolute Gasteiger partial charge is 0.369 e. The first-order chi connectivity index (χ1) is 9.24. The fourth-order valence-corrected chi connectivity index (χ4v) is 1.91. The molecule has 5 heteroatoms. The Bertz CT molecular complexity index is 603. The lowest BCUT2D eigenvalue weighted by Crippen LogP contribution is -2.18. The molecule has 0 bridgehead atoms. The van der Waals surface area contributed by atoms with E-state index in [2.05, 4.69) is 16.5 Å². The Balaban J connectivity index is 2.21. The van der Waals surface area contributed by atoms with Crippen LogP contribution in [-0.4, -0.2) is 12.0 Å². The number of hydrogen-bond donors (Lipinski definition) is 2. The van der Waals surface area contributed by atoms with Crippen molar-refractivity contribution in [1.29, 1.82) is 5.26 Å². The molecule has 3 N–H and O–H groups in total. The van der Waals surface area contributed by atoms with Crippen LogP contribution in [0.2, 0.25) is 0 Å². The highest BCUT2D eigenvalue weighted by molar-refractivity contribution is 5.59. The van der Waals surface area contributed by atoms with Gasteiger partial charge in [0.25, 0.3) is 0 Å². The third-order valence-corrected chi connectivity index (χ3v) is 2.83. The quantitative estimate of drug-likeness (QED) is 0.642. The first kappa shape index (κ1) is 12.9. The van der Waals surface area contributed by atoms with Crippen molar-refractivity contribution in [3.8, 4) is 6.07 Å². The normalized spacial score (nSPS) is 9.74. The fourth-order valence-electron chi connectivity index (χ4n) is 1.91. The van der Waals surface area contributed by atoms with Crippen LogP contribution in [0.15, 0.2) is 42.6 Å². The molecule has 0 amide bonds. The Hall–Kier alpha value is -2.58. The molecule has 19 heavy (non-hydrogen) atoms. The van der Waals surface area contributed by atoms with Crippen molar-refractivity contribution in [1.82, 2.24) is 4.98 Å². The molecular formula is C14H15N5. The van der Waals surface area contributed by atoms with E-state index < -0.39 is 0 Å². The standard InChI is InChI=1S/C14H15N5/c1-19(13-5-3-2-4-12(13)9-15)10-11-6-7-17-14(8-11)18-16/h2-8H,10,16H2,1H3,(H,17,18). The van der Waals surface area contributed by atoms with E-state index in [9.17, 15) is 0 Å². The van der Waals surface area contributed by atoms with E-state index in [-0.39, 0.29) is 0 Å². The summed E-state index contributed by atoms with van der Waals surface area (Å²) in [5, 5.41) is 9.10. The molecule has 0 aliphatic carbocycles. The Kier molecular flexibility index (Phi) is 3.96. The maximum atomic E-state index is 9.10. The van der Waals surface area contributed by atoms with Crippen LogP contribution in [0.1, 0.15) is 11.1 Å². The summed E-state index contributed by atoms with van der Waals surface area (Å²) in [4.78, 5) is 6.09. The summed E-state index contributed by atoms with van der Waals surface area (Å²) < 4.78 is 0. The molecule has 0 atom stereocenters. The highest BCUT2D eigenvalue weighted by Gasteiger charge is 2.07. The average molecular weight is 253 g/mol. The van der Waals surface area contributed by atoms with Gasteiger partial charge in [-0.25, -0.2) is 10.8 Å². The molecule has 0 unspecified atom stereocenters. The molecule has 0 saturated carbocycles. The summed E-state index contributed by atoms with van der Waals surface area (Å²) >= 11 is 0. The summed E-state index contributed by atoms with van der Waals surface area (Å²) in [7, 11) is 1.95. The molecule has 0 aliphatic heterocycles. The zero-order valence-electron chi connectivity index (χ0n) is 10.7. The predicted octanol–water partition coefficient (Wildman–Crippen LogP) is 1.88. The molecule has 1 aromatic carbocycles. The van der Waals surface area contributed by atoms with Gasteiger partial charge in [0.05, 0.1) is 11.3 Å². The highest BCUT2D eigenvalue weighted by Crippen LogP contribution is 2.20. The summed E-state index contributed by atoms with van der Waals surface area (Å²) in [6.45, 7) is 0.676. The third kappa shape index (κ3) is 3.00. The van der Waals surface area contributed by atoms with Gasteiger partial charge in [0.2, 0.25) is 0 Å². The van der Waals surface area contributed by atoms with E-state index in [0.717, 1.165) is 11.3 Å². The second-order valence-corrected chi connectivity index (χ2v) is 4.18. The van der Waals surface area contributed by atoms with E-state index in [4.69, 9.17) is 11.1 Å². The van der Waals surface area contributed by atoms with Gasteiger partial charge in [0, 0.05) is 19.8 Å². The van der Waals surface area contributed by atoms with Gasteiger partial charge in [0.1, 0.15) is 11.9 Å². The number of nitrogens with zero attached hydrogens (tertiary/aromatic N) is 3. The highest BCUT2D eigenvalue weighted by atomic mass is 15.2. The summed E-state index contributed by atoms with van der Waals surface area (Å²) in [5.74, 6) is 5.96. The second kappa shape index (κ2) is 5.85. The van der Waals surface area contributed by atoms with Crippen molar-refractivity contribution < 1.29 is 0 Å². The van der Waals surface area contributed by atoms with Crippen molar-refractivity contribution in [3.63, 3.8) is 0 Å². The van der Waals surface area contributed by atoms with Gasteiger partial charge in [0.15, 0.2) is 0 Å². The molecular weight excluding hydrogens is 238 g/mol. The fraction of sp³-hybridized carbons (Fsp3) is 0.143. The molecule has 2 rings (SSSR count). The maximum Gasteiger partial charge on any atom is 0.140 e. The van der Waals surface area contributed by atoms with E-state index in [1.165, 1.54) is 0 Å². The maximum absolute atomic E-state index is 9.10. The number of aromatic nitrogens is 1. The van der Waals surface area contributed by atoms with Gasteiger partial charge in [-0.1, -0.05) is 12.1 Å². The molecule has 0 fully saturated rings. The Morgan fingerprint density at radius 3 is 2.89 bits per heavy atom. The lowest BCUT2D eigenvalue weighted by Gasteiger charge is -2.20. The Labute approximate surface area is 112 Å². The number of hydrogen-bond acceptors (Lipinski definition) is 5. The number of hydrazine groups is 1. The molecule has 2 aromatic rings. The molecule has 0 radical (unpaired) electrons. The van der Waals surface area contributed by atoms with E-state index >= 15 is 0 Å². The van der Waals surface area contributed by atoms with Crippen molar-refractivity contribution in [2.24, 2.45) is 5.84 Å². The third-order valence-electron chi connectivity index (χ3n) is 2.83. The van der Waals surface area contributed by atoms with E-state index in [1.807, 2.05) is 48.3 Å². The number of anilines is 2. The number of nitrogens with one attached hydrogen (secondary N) is 1. The zero-order chi connectivity index (χ0) is 13.7. The zero-order valence-corrected chi connectivity index (χ0v) is 10.7. The monoisotopic (exact) mass is 253 g/mol. The minimum Gasteiger partial charge on any atom is -0.369 e. The van der Waals surface area contributed by atoms with Crippen LogP contribution < -0.4 is 16.2 Å². The topological polar surface area (TPSA) is 78.0 Å². The SMILES string of the molecule is CN(Cc1ccnc(NN)c1)c1ccccc1C#N. The van der Waals surface area contributed by atoms with Crippen molar-refractivity contribution in [2.45, 2.75) is 6.54 Å². The first-order valence-electron chi connectivity index (χ1n) is 5.86. The van der Waals surface area contributed by atoms with Crippen molar-refractivity contribution in [3.05, 3.63) is 53.7 Å². The first-order valence-corrected chi connectivity index (χ1v) is 5.86. The van der Waals surface area contributed by atoms with E-state index in [0.29, 0.717) is 17.9 Å². The molecule has 5 nitrogen and oxygen atoms in total. The molecule has 96 valence electrons. The Morgan fingerprint density at radius 2 is 2.16 bits per heavy atom. The number of benzene rings is 1. The molecule has 0 aliphatic rings. The minimum absolute atomic E-state index is 0.625. The van der Waals surface area contributed by atoms with Crippen LogP contribution >= 0.6 is 0 Å². The van der Waals surface area contributed by atoms with E-state index in [1.54, 1.807) is 6.20 Å². The summed E-state index contributed by atoms with van der Waals surface area (Å²) in [6, 6.07) is 13.5. The van der Waals surface area contributed by atoms with Gasteiger partial charge in [-0.3, -0.25) is 0 Å². The predicted molar refractivity (Wildman–Crippen MR) is 75.3 cm³/mol. The van der Waals surface area contributed by atoms with Gasteiger partial charge in [-0.15, -0.1) is 0 Å². The number of nitriles is 1. The number of pyridine rings is 1. The van der Waals surface area contributed by atoms with Crippen molar-refractivity contribution >= 4 is 11.5 Å². The van der Waals surface area contributed by atoms with Crippen LogP contribution in [0.4, 0.5) is 11.5 Å². The van der Waals surface area contributed by atoms with Crippen LogP contribution in [0.25, 0.3) is 0 Å². The van der Waals surface area contributed by atoms with Crippen LogP contribution in [0.3, 0.4) is 0 Å². The number of nitrogen functional groups attached to an aromatic ring is 1. The summed E-state index contributed by atoms with van der Waals surface area (Å²) in [6.07, 6.45) is 1.70. The molecule has 1 heterocycles. The second-order valence-electron chi connectivity index (χ2n) is 4.18. The lowest BCUT2D eigenvalue weighted by molar-refractivity contribution is 0.917. The number of para-hydroxylation sites is 1. The van der Waals surface area contributed by atoms with Crippen LogP contribution in [0.5, 0.6) is 0 Å². The van der Waals surface area contributed by atoms with Gasteiger partial charge in [-0.05, 0) is 29.8 Å². The van der Waals surface area contributed by atoms with Crippen LogP contribution in [-0.2, 0) is 6.54 Å². The van der Waals surface area contributed by atoms with Crippen LogP contribution in [0, 0.1) is 11.3 Å². The molecule has 1 aromatic heterocycles. The lowest BCUT2D eigenvalue weighted by atomic mass is 10.1. The molecule has 0 spiro atoms. The smallest absolute Gasteiger partial charge is 0.140 e. The van der Waals surface area contributed by atoms with Gasteiger partial charge < -0.3 is 10.3 Å². The Morgan fingerprint density at radius 1 is 1.37 bits per heavy atom. The number of rotatable bonds is 4. The minimum atomic E-state index is 0.625. The molecule has 0 saturated heterocycles. The summed E-state index contributed by atoms with van der Waals surface area (Å²) in [5.41, 5.74) is 5.16. The van der Waals surface area contributed by atoms with Crippen molar-refractivity contribution in [2.75, 3.05) is 17.4 Å². The average Bonchev–Trinajstić information content (AvgIpc) is 2.47. The van der Waals surface area contributed by atoms with Gasteiger partial charge in [-0.2, -0.15) is 5.26 Å². The van der Waals surface area contributed by atoms with Gasteiger partial charge >= 0.3 is 0 Å². The number of nitrogens with two attached hydrogens (primary N) is 1.